The van der Waals surface area contributed by atoms with E-state index >= 15 is 0 Å². The summed E-state index contributed by atoms with van der Waals surface area (Å²) in [5, 5.41) is 0. The van der Waals surface area contributed by atoms with Gasteiger partial charge in [0.2, 0.25) is 0 Å². The second-order valence-electron chi connectivity index (χ2n) is 8.43. The standard InChI is InChI=1S/C27H35FO5/c1-3-5-7-9-26-31-18-21(19-32-26)27(29)33-22-12-10-20(11-13-22)24-15-14-23(17-25(24)28)30-16-8-6-4-2/h10-15,17,21,26H,3-9,16,18-19H2,1-2H3. The van der Waals surface area contributed by atoms with Gasteiger partial charge in [-0.15, -0.1) is 0 Å². The van der Waals surface area contributed by atoms with E-state index in [0.29, 0.717) is 42.4 Å². The second kappa shape index (κ2) is 13.3. The average molecular weight is 459 g/mol. The molecular weight excluding hydrogens is 423 g/mol. The van der Waals surface area contributed by atoms with Crippen LogP contribution >= 0.6 is 0 Å². The summed E-state index contributed by atoms with van der Waals surface area (Å²) in [7, 11) is 0. The van der Waals surface area contributed by atoms with Crippen molar-refractivity contribution in [2.75, 3.05) is 19.8 Å². The Hall–Kier alpha value is -2.44. The van der Waals surface area contributed by atoms with E-state index in [1.54, 1.807) is 36.4 Å². The summed E-state index contributed by atoms with van der Waals surface area (Å²) in [6.45, 7) is 5.46. The molecule has 1 heterocycles. The van der Waals surface area contributed by atoms with E-state index < -0.39 is 5.92 Å². The van der Waals surface area contributed by atoms with Crippen molar-refractivity contribution in [2.24, 2.45) is 5.92 Å². The molecule has 0 bridgehead atoms. The van der Waals surface area contributed by atoms with Crippen molar-refractivity contribution in [1.82, 2.24) is 0 Å². The third-order valence-electron chi connectivity index (χ3n) is 5.68. The Labute approximate surface area is 196 Å². The predicted octanol–water partition coefficient (Wildman–Crippen LogP) is 6.54. The molecule has 0 N–H and O–H groups in total. The maximum absolute atomic E-state index is 14.6. The van der Waals surface area contributed by atoms with Crippen molar-refractivity contribution in [3.63, 3.8) is 0 Å². The molecule has 0 unspecified atom stereocenters. The first-order valence-corrected chi connectivity index (χ1v) is 12.1. The molecule has 1 aliphatic heterocycles. The number of ether oxygens (including phenoxy) is 4. The Kier molecular flexibility index (Phi) is 10.2. The first-order valence-electron chi connectivity index (χ1n) is 12.1. The van der Waals surface area contributed by atoms with Crippen molar-refractivity contribution in [1.29, 1.82) is 0 Å². The molecule has 1 aliphatic rings. The molecule has 2 aromatic carbocycles. The van der Waals surface area contributed by atoms with Crippen molar-refractivity contribution in [2.45, 2.75) is 65.1 Å². The van der Waals surface area contributed by atoms with Gasteiger partial charge in [-0.25, -0.2) is 4.39 Å². The highest BCUT2D eigenvalue weighted by Crippen LogP contribution is 2.28. The van der Waals surface area contributed by atoms with Gasteiger partial charge in [0.05, 0.1) is 19.8 Å². The summed E-state index contributed by atoms with van der Waals surface area (Å²) in [6, 6.07) is 11.7. The number of hydrogen-bond donors (Lipinski definition) is 0. The lowest BCUT2D eigenvalue weighted by Gasteiger charge is -2.28. The minimum absolute atomic E-state index is 0.233. The molecular formula is C27H35FO5. The van der Waals surface area contributed by atoms with Gasteiger partial charge in [-0.05, 0) is 49.1 Å². The molecule has 0 spiro atoms. The number of unbranched alkanes of at least 4 members (excludes halogenated alkanes) is 4. The lowest BCUT2D eigenvalue weighted by Crippen LogP contribution is -2.38. The number of carbonyl (C=O) groups excluding carboxylic acids is 1. The van der Waals surface area contributed by atoms with Gasteiger partial charge < -0.3 is 18.9 Å². The molecule has 6 heteroatoms. The van der Waals surface area contributed by atoms with Crippen molar-refractivity contribution in [3.8, 4) is 22.6 Å². The van der Waals surface area contributed by atoms with Gasteiger partial charge in [0.25, 0.3) is 0 Å². The first-order chi connectivity index (χ1) is 16.1. The highest BCUT2D eigenvalue weighted by atomic mass is 19.1. The van der Waals surface area contributed by atoms with Crippen LogP contribution in [0.3, 0.4) is 0 Å². The summed E-state index contributed by atoms with van der Waals surface area (Å²) >= 11 is 0. The van der Waals surface area contributed by atoms with Crippen LogP contribution in [0, 0.1) is 11.7 Å². The maximum Gasteiger partial charge on any atom is 0.319 e. The van der Waals surface area contributed by atoms with E-state index in [2.05, 4.69) is 13.8 Å². The van der Waals surface area contributed by atoms with E-state index in [4.69, 9.17) is 18.9 Å². The monoisotopic (exact) mass is 458 g/mol. The van der Waals surface area contributed by atoms with Gasteiger partial charge in [-0.2, -0.15) is 0 Å². The molecule has 180 valence electrons. The third kappa shape index (κ3) is 7.83. The van der Waals surface area contributed by atoms with E-state index in [1.165, 1.54) is 6.07 Å². The van der Waals surface area contributed by atoms with E-state index in [1.807, 2.05) is 0 Å². The fraction of sp³-hybridized carbons (Fsp3) is 0.519. The predicted molar refractivity (Wildman–Crippen MR) is 126 cm³/mol. The molecule has 5 nitrogen and oxygen atoms in total. The van der Waals surface area contributed by atoms with Crippen molar-refractivity contribution >= 4 is 5.97 Å². The van der Waals surface area contributed by atoms with Gasteiger partial charge in [-0.1, -0.05) is 51.7 Å². The molecule has 0 amide bonds. The number of hydrogen-bond acceptors (Lipinski definition) is 5. The Bertz CT molecular complexity index is 859. The molecule has 0 atom stereocenters. The number of carbonyl (C=O) groups is 1. The fourth-order valence-corrected chi connectivity index (χ4v) is 3.67. The fourth-order valence-electron chi connectivity index (χ4n) is 3.67. The summed E-state index contributed by atoms with van der Waals surface area (Å²) in [6.07, 6.45) is 7.12. The zero-order chi connectivity index (χ0) is 23.5. The molecule has 2 aromatic rings. The van der Waals surface area contributed by atoms with Crippen LogP contribution in [-0.4, -0.2) is 32.1 Å². The van der Waals surface area contributed by atoms with Gasteiger partial charge in [0, 0.05) is 11.6 Å². The van der Waals surface area contributed by atoms with Crippen LogP contribution in [-0.2, 0) is 14.3 Å². The van der Waals surface area contributed by atoms with Gasteiger partial charge in [0.1, 0.15) is 23.2 Å². The number of rotatable bonds is 12. The number of halogens is 1. The Balaban J connectivity index is 1.49. The van der Waals surface area contributed by atoms with Gasteiger partial charge in [0.15, 0.2) is 6.29 Å². The first kappa shape index (κ1) is 25.2. The van der Waals surface area contributed by atoms with Crippen LogP contribution in [0.2, 0.25) is 0 Å². The van der Waals surface area contributed by atoms with Crippen LogP contribution < -0.4 is 9.47 Å². The minimum atomic E-state index is -0.450. The highest BCUT2D eigenvalue weighted by molar-refractivity contribution is 5.76. The van der Waals surface area contributed by atoms with Gasteiger partial charge >= 0.3 is 5.97 Å². The minimum Gasteiger partial charge on any atom is -0.493 e. The quantitative estimate of drug-likeness (QED) is 0.205. The summed E-state index contributed by atoms with van der Waals surface area (Å²) in [5.41, 5.74) is 1.17. The topological polar surface area (TPSA) is 54.0 Å². The van der Waals surface area contributed by atoms with Gasteiger partial charge in [-0.3, -0.25) is 4.79 Å². The third-order valence-corrected chi connectivity index (χ3v) is 5.68. The molecule has 3 rings (SSSR count). The molecule has 0 radical (unpaired) electrons. The van der Waals surface area contributed by atoms with Crippen LogP contribution in [0.1, 0.15) is 58.8 Å². The Morgan fingerprint density at radius 2 is 1.61 bits per heavy atom. The smallest absolute Gasteiger partial charge is 0.319 e. The number of benzene rings is 2. The zero-order valence-corrected chi connectivity index (χ0v) is 19.7. The van der Waals surface area contributed by atoms with Crippen LogP contribution in [0.15, 0.2) is 42.5 Å². The lowest BCUT2D eigenvalue weighted by molar-refractivity contribution is -0.208. The second-order valence-corrected chi connectivity index (χ2v) is 8.43. The Morgan fingerprint density at radius 1 is 0.939 bits per heavy atom. The van der Waals surface area contributed by atoms with E-state index in [0.717, 1.165) is 44.9 Å². The summed E-state index contributed by atoms with van der Waals surface area (Å²) < 4.78 is 37.0. The molecule has 1 fully saturated rings. The zero-order valence-electron chi connectivity index (χ0n) is 19.7. The average Bonchev–Trinajstić information content (AvgIpc) is 2.83. The lowest BCUT2D eigenvalue weighted by atomic mass is 10.0. The largest absolute Gasteiger partial charge is 0.493 e. The number of esters is 1. The van der Waals surface area contributed by atoms with Crippen molar-refractivity contribution in [3.05, 3.63) is 48.3 Å². The maximum atomic E-state index is 14.6. The summed E-state index contributed by atoms with van der Waals surface area (Å²) in [4.78, 5) is 12.5. The van der Waals surface area contributed by atoms with Crippen LogP contribution in [0.5, 0.6) is 11.5 Å². The van der Waals surface area contributed by atoms with E-state index in [-0.39, 0.29) is 18.1 Å². The van der Waals surface area contributed by atoms with Crippen LogP contribution in [0.4, 0.5) is 4.39 Å². The highest BCUT2D eigenvalue weighted by Gasteiger charge is 2.29. The molecule has 1 saturated heterocycles. The van der Waals surface area contributed by atoms with Crippen LogP contribution in [0.25, 0.3) is 11.1 Å². The molecule has 0 aromatic heterocycles. The molecule has 0 saturated carbocycles. The van der Waals surface area contributed by atoms with E-state index in [9.17, 15) is 9.18 Å². The van der Waals surface area contributed by atoms with Crippen molar-refractivity contribution < 1.29 is 28.1 Å². The molecule has 33 heavy (non-hydrogen) atoms. The normalized spacial score (nSPS) is 18.2. The summed E-state index contributed by atoms with van der Waals surface area (Å²) in [5.74, 6) is -0.245. The molecule has 0 aliphatic carbocycles. The Morgan fingerprint density at radius 3 is 2.27 bits per heavy atom. The SMILES string of the molecule is CCCCCOc1ccc(-c2ccc(OC(=O)C3COC(CCCCC)OC3)cc2)c(F)c1.